The zero-order valence-corrected chi connectivity index (χ0v) is 19.3. The number of rotatable bonds is 6. The number of aryl methyl sites for hydroxylation is 1. The van der Waals surface area contributed by atoms with Crippen LogP contribution in [0.4, 0.5) is 4.39 Å². The van der Waals surface area contributed by atoms with Gasteiger partial charge in [-0.05, 0) is 74.8 Å². The van der Waals surface area contributed by atoms with E-state index in [1.54, 1.807) is 46.3 Å². The van der Waals surface area contributed by atoms with Gasteiger partial charge in [-0.2, -0.15) is 0 Å². The minimum atomic E-state index is -0.237. The Hall–Kier alpha value is -3.42. The van der Waals surface area contributed by atoms with Crippen molar-refractivity contribution >= 4 is 5.91 Å². The van der Waals surface area contributed by atoms with Gasteiger partial charge in [0.15, 0.2) is 0 Å². The average Bonchev–Trinajstić information content (AvgIpc) is 3.17. The van der Waals surface area contributed by atoms with E-state index in [0.29, 0.717) is 36.8 Å². The molecule has 8 heteroatoms. The highest BCUT2D eigenvalue weighted by Gasteiger charge is 2.58. The van der Waals surface area contributed by atoms with E-state index in [0.717, 1.165) is 36.4 Å². The third-order valence-corrected chi connectivity index (χ3v) is 7.75. The van der Waals surface area contributed by atoms with Crippen molar-refractivity contribution in [2.45, 2.75) is 51.1 Å². The number of fused-ring (bicyclic) bond motifs is 1. The highest BCUT2D eigenvalue weighted by atomic mass is 19.1. The Labute approximate surface area is 196 Å². The fraction of sp³-hybridized carbons (Fsp3) is 0.423. The first-order valence-corrected chi connectivity index (χ1v) is 11.8. The Morgan fingerprint density at radius 2 is 1.97 bits per heavy atom. The van der Waals surface area contributed by atoms with Gasteiger partial charge in [0, 0.05) is 24.8 Å². The number of imidazole rings is 1. The first kappa shape index (κ1) is 21.1. The molecule has 1 aliphatic heterocycles. The first-order valence-electron chi connectivity index (χ1n) is 11.8. The van der Waals surface area contributed by atoms with E-state index in [4.69, 9.17) is 4.74 Å². The van der Waals surface area contributed by atoms with Crippen LogP contribution in [0.25, 0.3) is 5.69 Å². The second kappa shape index (κ2) is 7.55. The molecular weight excluding hydrogens is 435 g/mol. The monoisotopic (exact) mass is 462 g/mol. The quantitative estimate of drug-likeness (QED) is 0.563. The zero-order valence-electron chi connectivity index (χ0n) is 19.3. The SMILES string of the molecule is Cc1cn(-c2ccc3n(c2=O)CCN([C@@H](C)COc2ccc(F)cc2C24CC(C2)C4)C3=O)cn1. The minimum Gasteiger partial charge on any atom is -0.491 e. The normalized spacial score (nSPS) is 23.7. The molecule has 7 rings (SSSR count). The summed E-state index contributed by atoms with van der Waals surface area (Å²) in [5, 5.41) is 0. The summed E-state index contributed by atoms with van der Waals surface area (Å²) >= 11 is 0. The Morgan fingerprint density at radius 1 is 1.18 bits per heavy atom. The molecule has 3 aliphatic carbocycles. The lowest BCUT2D eigenvalue weighted by Crippen LogP contribution is -2.55. The number of nitrogens with zero attached hydrogens (tertiary/aromatic N) is 4. The van der Waals surface area contributed by atoms with Crippen molar-refractivity contribution in [1.82, 2.24) is 19.0 Å². The number of pyridine rings is 1. The smallest absolute Gasteiger partial charge is 0.275 e. The van der Waals surface area contributed by atoms with Crippen LogP contribution in [0.15, 0.2) is 47.7 Å². The molecule has 3 saturated carbocycles. The molecule has 2 aromatic heterocycles. The molecule has 7 nitrogen and oxygen atoms in total. The fourth-order valence-corrected chi connectivity index (χ4v) is 5.75. The van der Waals surface area contributed by atoms with E-state index in [-0.39, 0.29) is 28.7 Å². The molecule has 1 aromatic carbocycles. The molecule has 4 aliphatic rings. The van der Waals surface area contributed by atoms with Crippen LogP contribution < -0.4 is 10.3 Å². The summed E-state index contributed by atoms with van der Waals surface area (Å²) in [6, 6.07) is 7.94. The number of carbonyl (C=O) groups is 1. The molecule has 1 amide bonds. The van der Waals surface area contributed by atoms with Gasteiger partial charge in [0.05, 0.1) is 18.1 Å². The summed E-state index contributed by atoms with van der Waals surface area (Å²) in [7, 11) is 0. The Morgan fingerprint density at radius 3 is 2.65 bits per heavy atom. The average molecular weight is 463 g/mol. The lowest BCUT2D eigenvalue weighted by Gasteiger charge is -2.62. The molecule has 0 spiro atoms. The maximum Gasteiger partial charge on any atom is 0.275 e. The van der Waals surface area contributed by atoms with Gasteiger partial charge in [-0.3, -0.25) is 9.59 Å². The van der Waals surface area contributed by atoms with Crippen LogP contribution in [0.1, 0.15) is 47.9 Å². The van der Waals surface area contributed by atoms with Crippen LogP contribution in [-0.2, 0) is 12.0 Å². The molecule has 0 unspecified atom stereocenters. The standard InChI is InChI=1S/C26H27FN4O3/c1-16-13-29(15-28-16)21-4-5-22-25(33)30(7-8-31(22)24(21)32)17(2)14-34-23-6-3-19(27)9-20(23)26-10-18(11-26)12-26/h3-6,9,13,15,17-18H,7-8,10-12,14H2,1-2H3/t17-,18?,26?/m0/s1. The highest BCUT2D eigenvalue weighted by molar-refractivity contribution is 5.93. The van der Waals surface area contributed by atoms with Crippen molar-refractivity contribution in [1.29, 1.82) is 0 Å². The lowest BCUT2D eigenvalue weighted by molar-refractivity contribution is -0.0298. The van der Waals surface area contributed by atoms with Crippen LogP contribution in [0.3, 0.4) is 0 Å². The molecule has 3 aromatic rings. The third-order valence-electron chi connectivity index (χ3n) is 7.75. The molecule has 0 radical (unpaired) electrons. The van der Waals surface area contributed by atoms with Gasteiger partial charge in [0.25, 0.3) is 11.5 Å². The number of benzene rings is 1. The van der Waals surface area contributed by atoms with E-state index >= 15 is 0 Å². The molecule has 3 fully saturated rings. The zero-order chi connectivity index (χ0) is 23.6. The van der Waals surface area contributed by atoms with Crippen molar-refractivity contribution in [2.75, 3.05) is 13.2 Å². The van der Waals surface area contributed by atoms with Crippen molar-refractivity contribution in [3.05, 3.63) is 76.0 Å². The van der Waals surface area contributed by atoms with Gasteiger partial charge in [-0.15, -0.1) is 0 Å². The Bertz CT molecular complexity index is 1340. The molecule has 1 atom stereocenters. The molecule has 3 heterocycles. The molecule has 176 valence electrons. The van der Waals surface area contributed by atoms with Crippen molar-refractivity contribution in [3.8, 4) is 11.4 Å². The highest BCUT2D eigenvalue weighted by Crippen LogP contribution is 2.66. The van der Waals surface area contributed by atoms with E-state index in [9.17, 15) is 14.0 Å². The summed E-state index contributed by atoms with van der Waals surface area (Å²) in [6.45, 7) is 4.95. The van der Waals surface area contributed by atoms with Crippen LogP contribution in [0.5, 0.6) is 5.75 Å². The van der Waals surface area contributed by atoms with Gasteiger partial charge < -0.3 is 18.8 Å². The number of aromatic nitrogens is 3. The topological polar surface area (TPSA) is 69.4 Å². The number of hydrogen-bond acceptors (Lipinski definition) is 4. The van der Waals surface area contributed by atoms with E-state index in [1.165, 1.54) is 10.6 Å². The first-order chi connectivity index (χ1) is 16.3. The summed E-state index contributed by atoms with van der Waals surface area (Å²) in [5.74, 6) is 1.07. The van der Waals surface area contributed by atoms with Crippen LogP contribution in [0.2, 0.25) is 0 Å². The molecular formula is C26H27FN4O3. The Kier molecular flexibility index (Phi) is 4.69. The largest absolute Gasteiger partial charge is 0.491 e. The predicted octanol–water partition coefficient (Wildman–Crippen LogP) is 3.46. The predicted molar refractivity (Wildman–Crippen MR) is 124 cm³/mol. The third kappa shape index (κ3) is 3.19. The second-order valence-corrected chi connectivity index (χ2v) is 10.0. The van der Waals surface area contributed by atoms with Crippen molar-refractivity contribution in [3.63, 3.8) is 0 Å². The van der Waals surface area contributed by atoms with Gasteiger partial charge >= 0.3 is 0 Å². The maximum absolute atomic E-state index is 14.0. The summed E-state index contributed by atoms with van der Waals surface area (Å²) < 4.78 is 23.3. The number of amides is 1. The number of halogens is 1. The van der Waals surface area contributed by atoms with E-state index in [1.807, 2.05) is 13.8 Å². The Balaban J connectivity index is 1.19. The summed E-state index contributed by atoms with van der Waals surface area (Å²) in [5.41, 5.74) is 2.50. The van der Waals surface area contributed by atoms with Crippen molar-refractivity contribution < 1.29 is 13.9 Å². The summed E-state index contributed by atoms with van der Waals surface area (Å²) in [6.07, 6.45) is 6.72. The van der Waals surface area contributed by atoms with Gasteiger partial charge in [-0.25, -0.2) is 9.37 Å². The molecule has 0 N–H and O–H groups in total. The van der Waals surface area contributed by atoms with Crippen molar-refractivity contribution in [2.24, 2.45) is 5.92 Å². The van der Waals surface area contributed by atoms with Gasteiger partial charge in [0.1, 0.15) is 29.6 Å². The number of ether oxygens (including phenoxy) is 1. The fourth-order valence-electron chi connectivity index (χ4n) is 5.75. The number of carbonyl (C=O) groups excluding carboxylic acids is 1. The van der Waals surface area contributed by atoms with E-state index < -0.39 is 0 Å². The van der Waals surface area contributed by atoms with Crippen LogP contribution >= 0.6 is 0 Å². The van der Waals surface area contributed by atoms with Crippen LogP contribution in [-0.4, -0.2) is 44.1 Å². The van der Waals surface area contributed by atoms with Gasteiger partial charge in [0.2, 0.25) is 0 Å². The summed E-state index contributed by atoms with van der Waals surface area (Å²) in [4.78, 5) is 32.2. The molecule has 0 saturated heterocycles. The van der Waals surface area contributed by atoms with E-state index in [2.05, 4.69) is 4.98 Å². The second-order valence-electron chi connectivity index (χ2n) is 10.0. The number of hydrogen-bond donors (Lipinski definition) is 0. The van der Waals surface area contributed by atoms with Crippen LogP contribution in [0, 0.1) is 18.7 Å². The molecule has 2 bridgehead atoms. The lowest BCUT2D eigenvalue weighted by atomic mass is 9.42. The minimum absolute atomic E-state index is 0.0812. The molecule has 34 heavy (non-hydrogen) atoms. The maximum atomic E-state index is 14.0. The van der Waals surface area contributed by atoms with Gasteiger partial charge in [-0.1, -0.05) is 0 Å².